The van der Waals surface area contributed by atoms with Gasteiger partial charge in [0.15, 0.2) is 5.69 Å². The molecule has 0 spiro atoms. The van der Waals surface area contributed by atoms with E-state index in [0.717, 1.165) is 18.4 Å². The third-order valence-corrected chi connectivity index (χ3v) is 6.69. The summed E-state index contributed by atoms with van der Waals surface area (Å²) in [4.78, 5) is 26.3. The molecule has 5 rings (SSSR count). The van der Waals surface area contributed by atoms with Gasteiger partial charge in [0.25, 0.3) is 0 Å². The predicted molar refractivity (Wildman–Crippen MR) is 121 cm³/mol. The van der Waals surface area contributed by atoms with E-state index in [1.54, 1.807) is 23.1 Å². The summed E-state index contributed by atoms with van der Waals surface area (Å²) in [6, 6.07) is 5.03. The molecule has 1 saturated carbocycles. The largest absolute Gasteiger partial charge is 0.471 e. The Morgan fingerprint density at radius 2 is 2.18 bits per heavy atom. The average molecular weight is 470 g/mol. The minimum Gasteiger partial charge on any atom is -0.471 e. The number of benzene rings is 1. The minimum absolute atomic E-state index is 0.0321. The van der Waals surface area contributed by atoms with Gasteiger partial charge in [0.1, 0.15) is 30.0 Å². The summed E-state index contributed by atoms with van der Waals surface area (Å²) in [5, 5.41) is 3.62. The van der Waals surface area contributed by atoms with E-state index in [0.29, 0.717) is 47.8 Å². The molecule has 1 aromatic carbocycles. The number of halogens is 1. The number of nitrogens with zero attached hydrogens (tertiary/aromatic N) is 4. The first-order valence-corrected chi connectivity index (χ1v) is 11.2. The van der Waals surface area contributed by atoms with Gasteiger partial charge < -0.3 is 24.4 Å². The van der Waals surface area contributed by atoms with E-state index in [1.807, 2.05) is 13.8 Å². The lowest BCUT2D eigenvalue weighted by Crippen LogP contribution is -2.53. The van der Waals surface area contributed by atoms with E-state index in [9.17, 15) is 4.79 Å². The van der Waals surface area contributed by atoms with E-state index in [-0.39, 0.29) is 29.8 Å². The topological polar surface area (TPSA) is 90.2 Å². The van der Waals surface area contributed by atoms with Crippen LogP contribution in [0.5, 0.6) is 5.88 Å². The molecule has 172 valence electrons. The molecule has 2 aliphatic heterocycles. The highest BCUT2D eigenvalue weighted by Gasteiger charge is 2.49. The molecular weight excluding hydrogens is 446 g/mol. The summed E-state index contributed by atoms with van der Waals surface area (Å²) in [7, 11) is 0. The number of amides is 1. The van der Waals surface area contributed by atoms with Gasteiger partial charge in [-0.05, 0) is 38.8 Å². The van der Waals surface area contributed by atoms with Crippen LogP contribution >= 0.6 is 11.6 Å². The Hall–Kier alpha value is -3.09. The highest BCUT2D eigenvalue weighted by atomic mass is 35.5. The summed E-state index contributed by atoms with van der Waals surface area (Å²) >= 11 is 6.30. The van der Waals surface area contributed by atoms with Crippen molar-refractivity contribution in [2.45, 2.75) is 44.5 Å². The first-order valence-electron chi connectivity index (χ1n) is 10.9. The minimum atomic E-state index is -0.301. The van der Waals surface area contributed by atoms with Crippen LogP contribution in [-0.2, 0) is 9.47 Å². The second-order valence-electron chi connectivity index (χ2n) is 8.99. The van der Waals surface area contributed by atoms with Gasteiger partial charge in [-0.1, -0.05) is 17.7 Å². The second kappa shape index (κ2) is 8.36. The Balaban J connectivity index is 1.28. The van der Waals surface area contributed by atoms with Gasteiger partial charge >= 0.3 is 6.09 Å². The molecule has 3 unspecified atom stereocenters. The van der Waals surface area contributed by atoms with E-state index in [1.165, 1.54) is 6.33 Å². The van der Waals surface area contributed by atoms with E-state index < -0.39 is 0 Å². The predicted octanol–water partition coefficient (Wildman–Crippen LogP) is 4.50. The zero-order chi connectivity index (χ0) is 23.2. The number of nitrogens with one attached hydrogen (secondary N) is 1. The number of carbonyl (C=O) groups is 1. The van der Waals surface area contributed by atoms with Crippen LogP contribution in [0.2, 0.25) is 5.02 Å². The number of hydrogen-bond donors (Lipinski definition) is 1. The molecule has 2 aromatic rings. The van der Waals surface area contributed by atoms with Crippen LogP contribution in [0.15, 0.2) is 24.5 Å². The van der Waals surface area contributed by atoms with Gasteiger partial charge in [-0.15, -0.1) is 0 Å². The molecule has 9 nitrogen and oxygen atoms in total. The number of piperidine rings is 1. The molecule has 3 heterocycles. The van der Waals surface area contributed by atoms with Crippen molar-refractivity contribution in [2.24, 2.45) is 5.92 Å². The fraction of sp³-hybridized carbons (Fsp3) is 0.478. The SMILES string of the molecule is [C-]#[N+]c1ccc(Nc2ncnc(OC3C4COC3CN(C(=O)OC3(C)CC3)C4)c2C)c(Cl)c1. The van der Waals surface area contributed by atoms with Crippen molar-refractivity contribution >= 4 is 34.9 Å². The Morgan fingerprint density at radius 1 is 1.36 bits per heavy atom. The van der Waals surface area contributed by atoms with Gasteiger partial charge in [0.2, 0.25) is 5.88 Å². The lowest BCUT2D eigenvalue weighted by Gasteiger charge is -2.36. The molecular formula is C23H24ClN5O4. The Bertz CT molecular complexity index is 1120. The van der Waals surface area contributed by atoms with Crippen LogP contribution in [0.4, 0.5) is 22.0 Å². The van der Waals surface area contributed by atoms with E-state index in [4.69, 9.17) is 32.4 Å². The lowest BCUT2D eigenvalue weighted by atomic mass is 9.96. The highest BCUT2D eigenvalue weighted by Crippen LogP contribution is 2.40. The number of ether oxygens (including phenoxy) is 3. The fourth-order valence-corrected chi connectivity index (χ4v) is 4.34. The molecule has 1 N–H and O–H groups in total. The van der Waals surface area contributed by atoms with Gasteiger partial charge in [-0.3, -0.25) is 0 Å². The molecule has 1 amide bonds. The van der Waals surface area contributed by atoms with Gasteiger partial charge in [0, 0.05) is 12.5 Å². The molecule has 2 saturated heterocycles. The van der Waals surface area contributed by atoms with Crippen LogP contribution in [-0.4, -0.2) is 58.5 Å². The normalized spacial score (nSPS) is 24.7. The number of likely N-dealkylation sites (tertiary alicyclic amines) is 1. The number of hydrogen-bond acceptors (Lipinski definition) is 7. The Labute approximate surface area is 196 Å². The molecule has 0 radical (unpaired) electrons. The van der Waals surface area contributed by atoms with E-state index >= 15 is 0 Å². The number of aromatic nitrogens is 2. The van der Waals surface area contributed by atoms with Crippen molar-refractivity contribution in [3.8, 4) is 5.88 Å². The first-order chi connectivity index (χ1) is 15.8. The molecule has 33 heavy (non-hydrogen) atoms. The highest BCUT2D eigenvalue weighted by molar-refractivity contribution is 6.33. The van der Waals surface area contributed by atoms with Crippen molar-refractivity contribution < 1.29 is 19.0 Å². The van der Waals surface area contributed by atoms with Gasteiger partial charge in [-0.25, -0.2) is 19.6 Å². The average Bonchev–Trinajstić information content (AvgIpc) is 3.48. The van der Waals surface area contributed by atoms with Crippen molar-refractivity contribution in [3.63, 3.8) is 0 Å². The van der Waals surface area contributed by atoms with Crippen LogP contribution in [0, 0.1) is 19.4 Å². The van der Waals surface area contributed by atoms with Crippen LogP contribution < -0.4 is 10.1 Å². The first kappa shape index (κ1) is 21.7. The van der Waals surface area contributed by atoms with Crippen molar-refractivity contribution in [2.75, 3.05) is 25.0 Å². The standard InChI is InChI=1S/C23H24ClN5O4/c1-13-20(28-17-5-4-15(25-3)8-16(17)24)26-12-27-21(13)32-19-14-9-29(10-18(19)31-11-14)22(30)33-23(2)6-7-23/h4-5,8,12,14,18-19H,6-7,9-11H2,1-2H3,(H,26,27,28). The molecule has 3 fully saturated rings. The molecule has 3 atom stereocenters. The Morgan fingerprint density at radius 3 is 2.88 bits per heavy atom. The maximum atomic E-state index is 12.5. The van der Waals surface area contributed by atoms with Crippen molar-refractivity contribution in [3.05, 3.63) is 46.5 Å². The summed E-state index contributed by atoms with van der Waals surface area (Å²) in [6.45, 7) is 12.4. The lowest BCUT2D eigenvalue weighted by molar-refractivity contribution is -0.00824. The van der Waals surface area contributed by atoms with Crippen LogP contribution in [0.3, 0.4) is 0 Å². The summed E-state index contributed by atoms with van der Waals surface area (Å²) < 4.78 is 17.8. The smallest absolute Gasteiger partial charge is 0.410 e. The third kappa shape index (κ3) is 4.41. The van der Waals surface area contributed by atoms with Crippen LogP contribution in [0.1, 0.15) is 25.3 Å². The molecule has 3 aliphatic rings. The fourth-order valence-electron chi connectivity index (χ4n) is 4.11. The van der Waals surface area contributed by atoms with Crippen molar-refractivity contribution in [1.82, 2.24) is 14.9 Å². The number of fused-ring (bicyclic) bond motifs is 2. The zero-order valence-corrected chi connectivity index (χ0v) is 19.1. The summed E-state index contributed by atoms with van der Waals surface area (Å²) in [5.41, 5.74) is 1.53. The quantitative estimate of drug-likeness (QED) is 0.644. The number of anilines is 2. The van der Waals surface area contributed by atoms with Crippen molar-refractivity contribution in [1.29, 1.82) is 0 Å². The monoisotopic (exact) mass is 469 g/mol. The third-order valence-electron chi connectivity index (χ3n) is 6.38. The summed E-state index contributed by atoms with van der Waals surface area (Å²) in [6.07, 6.45) is 2.52. The maximum Gasteiger partial charge on any atom is 0.410 e. The number of carbonyl (C=O) groups excluding carboxylic acids is 1. The molecule has 10 heteroatoms. The second-order valence-corrected chi connectivity index (χ2v) is 9.40. The van der Waals surface area contributed by atoms with Crippen LogP contribution in [0.25, 0.3) is 4.85 Å². The zero-order valence-electron chi connectivity index (χ0n) is 18.4. The molecule has 1 aromatic heterocycles. The maximum absolute atomic E-state index is 12.5. The molecule has 2 bridgehead atoms. The molecule has 1 aliphatic carbocycles. The Kier molecular flexibility index (Phi) is 5.51. The van der Waals surface area contributed by atoms with Gasteiger partial charge in [0.05, 0.1) is 36.0 Å². The van der Waals surface area contributed by atoms with E-state index in [2.05, 4.69) is 20.1 Å². The van der Waals surface area contributed by atoms with Gasteiger partial charge in [-0.2, -0.15) is 0 Å². The summed E-state index contributed by atoms with van der Waals surface area (Å²) in [5.74, 6) is 1.04. The number of rotatable bonds is 5.